The topological polar surface area (TPSA) is 85.3 Å². The van der Waals surface area contributed by atoms with Crippen molar-refractivity contribution in [3.63, 3.8) is 0 Å². The summed E-state index contributed by atoms with van der Waals surface area (Å²) in [6.07, 6.45) is 1.78. The van der Waals surface area contributed by atoms with Crippen molar-refractivity contribution in [2.45, 2.75) is 32.9 Å². The van der Waals surface area contributed by atoms with Gasteiger partial charge in [0, 0.05) is 12.3 Å². The number of hydrogen-bond acceptors (Lipinski definition) is 4. The van der Waals surface area contributed by atoms with Crippen LogP contribution in [0.3, 0.4) is 0 Å². The van der Waals surface area contributed by atoms with Crippen LogP contribution in [0.1, 0.15) is 23.6 Å². The van der Waals surface area contributed by atoms with Crippen LogP contribution in [0.4, 0.5) is 11.5 Å². The van der Waals surface area contributed by atoms with E-state index in [-0.39, 0.29) is 0 Å². The molecule has 0 fully saturated rings. The number of rotatable bonds is 4. The number of fused-ring (bicyclic) bond motifs is 1. The predicted molar refractivity (Wildman–Crippen MR) is 110 cm³/mol. The van der Waals surface area contributed by atoms with Crippen LogP contribution in [0.15, 0.2) is 54.7 Å². The Kier molecular flexibility index (Phi) is 4.58. The van der Waals surface area contributed by atoms with E-state index in [0.29, 0.717) is 23.8 Å². The van der Waals surface area contributed by atoms with Gasteiger partial charge in [-0.2, -0.15) is 5.10 Å². The van der Waals surface area contributed by atoms with Gasteiger partial charge in [0.05, 0.1) is 12.2 Å². The average molecular weight is 390 g/mol. The highest BCUT2D eigenvalue weighted by Crippen LogP contribution is 2.34. The molecular formula is C22H22N4O3. The maximum Gasteiger partial charge on any atom is 0.279 e. The summed E-state index contributed by atoms with van der Waals surface area (Å²) < 4.78 is 7.52. The lowest BCUT2D eigenvalue weighted by Crippen LogP contribution is -2.56. The van der Waals surface area contributed by atoms with Gasteiger partial charge in [0.25, 0.3) is 17.4 Å². The minimum Gasteiger partial charge on any atom is -0.466 e. The number of anilines is 2. The molecule has 29 heavy (non-hydrogen) atoms. The number of nitrogens with one attached hydrogen (secondary N) is 2. The summed E-state index contributed by atoms with van der Waals surface area (Å²) >= 11 is 0. The molecule has 7 nitrogen and oxygen atoms in total. The van der Waals surface area contributed by atoms with Crippen molar-refractivity contribution in [1.82, 2.24) is 9.78 Å². The number of aromatic nitrogens is 2. The van der Waals surface area contributed by atoms with Gasteiger partial charge in [-0.3, -0.25) is 14.3 Å². The molecule has 1 unspecified atom stereocenters. The van der Waals surface area contributed by atoms with Gasteiger partial charge >= 0.3 is 0 Å². The molecule has 0 spiro atoms. The highest BCUT2D eigenvalue weighted by Gasteiger charge is 2.47. The maximum atomic E-state index is 12.9. The van der Waals surface area contributed by atoms with Gasteiger partial charge < -0.3 is 15.4 Å². The highest BCUT2D eigenvalue weighted by atomic mass is 16.5. The lowest BCUT2D eigenvalue weighted by molar-refractivity contribution is -0.143. The minimum absolute atomic E-state index is 0.357. The molecule has 2 aromatic carbocycles. The molecule has 0 saturated heterocycles. The fraction of sp³-hybridized carbons (Fsp3) is 0.227. The molecule has 148 valence electrons. The van der Waals surface area contributed by atoms with Gasteiger partial charge in [0.15, 0.2) is 5.82 Å². The Hall–Kier alpha value is -3.61. The van der Waals surface area contributed by atoms with Crippen molar-refractivity contribution in [2.24, 2.45) is 0 Å². The maximum absolute atomic E-state index is 12.9. The summed E-state index contributed by atoms with van der Waals surface area (Å²) in [4.78, 5) is 25.4. The van der Waals surface area contributed by atoms with Crippen LogP contribution in [0, 0.1) is 13.8 Å². The molecule has 7 heteroatoms. The summed E-state index contributed by atoms with van der Waals surface area (Å²) in [5.41, 5.74) is 2.16. The highest BCUT2D eigenvalue weighted by molar-refractivity contribution is 6.18. The van der Waals surface area contributed by atoms with Crippen molar-refractivity contribution < 1.29 is 14.3 Å². The van der Waals surface area contributed by atoms with E-state index >= 15 is 0 Å². The third-order valence-electron chi connectivity index (χ3n) is 5.04. The molecule has 3 aromatic rings. The first-order valence-corrected chi connectivity index (χ1v) is 9.36. The number of nitrogens with zero attached hydrogens (tertiary/aromatic N) is 2. The SMILES string of the molecule is Cc1ccc2c(c1)NC(=O)C(C)(C(=O)Nc1ccn(Cc3ccccc3C)n1)O2. The third kappa shape index (κ3) is 3.59. The second kappa shape index (κ2) is 7.09. The van der Waals surface area contributed by atoms with Gasteiger partial charge in [-0.15, -0.1) is 0 Å². The van der Waals surface area contributed by atoms with Crippen LogP contribution < -0.4 is 15.4 Å². The second-order valence-electron chi connectivity index (χ2n) is 7.37. The van der Waals surface area contributed by atoms with Crippen LogP contribution in [0.5, 0.6) is 5.75 Å². The number of aryl methyl sites for hydroxylation is 2. The first kappa shape index (κ1) is 18.7. The summed E-state index contributed by atoms with van der Waals surface area (Å²) in [6.45, 7) is 6.00. The predicted octanol–water partition coefficient (Wildman–Crippen LogP) is 3.28. The molecule has 1 atom stereocenters. The summed E-state index contributed by atoms with van der Waals surface area (Å²) in [5, 5.41) is 9.83. The Bertz CT molecular complexity index is 1100. The van der Waals surface area contributed by atoms with Crippen molar-refractivity contribution in [3.05, 3.63) is 71.4 Å². The number of hydrogen-bond donors (Lipinski definition) is 2. The molecule has 2 N–H and O–H groups in total. The number of carbonyl (C=O) groups is 2. The van der Waals surface area contributed by atoms with E-state index in [2.05, 4.69) is 15.7 Å². The lowest BCUT2D eigenvalue weighted by atomic mass is 10.0. The Morgan fingerprint density at radius 1 is 1.21 bits per heavy atom. The van der Waals surface area contributed by atoms with Gasteiger partial charge in [-0.25, -0.2) is 0 Å². The number of amides is 2. The zero-order valence-corrected chi connectivity index (χ0v) is 16.5. The van der Waals surface area contributed by atoms with Crippen molar-refractivity contribution >= 4 is 23.3 Å². The zero-order chi connectivity index (χ0) is 20.6. The fourth-order valence-electron chi connectivity index (χ4n) is 3.20. The Balaban J connectivity index is 1.49. The fourth-order valence-corrected chi connectivity index (χ4v) is 3.20. The Labute approximate surface area is 168 Å². The van der Waals surface area contributed by atoms with Crippen LogP contribution in [0.25, 0.3) is 0 Å². The summed E-state index contributed by atoms with van der Waals surface area (Å²) in [7, 11) is 0. The van der Waals surface area contributed by atoms with E-state index < -0.39 is 17.4 Å². The van der Waals surface area contributed by atoms with Crippen LogP contribution in [-0.2, 0) is 16.1 Å². The Morgan fingerprint density at radius 3 is 2.79 bits per heavy atom. The lowest BCUT2D eigenvalue weighted by Gasteiger charge is -2.33. The summed E-state index contributed by atoms with van der Waals surface area (Å²) in [6, 6.07) is 15.1. The Morgan fingerprint density at radius 2 is 2.00 bits per heavy atom. The largest absolute Gasteiger partial charge is 0.466 e. The normalized spacial score (nSPS) is 17.8. The quantitative estimate of drug-likeness (QED) is 0.670. The van der Waals surface area contributed by atoms with Gasteiger partial charge in [-0.1, -0.05) is 30.3 Å². The molecule has 2 heterocycles. The van der Waals surface area contributed by atoms with E-state index in [9.17, 15) is 9.59 Å². The molecule has 0 saturated carbocycles. The van der Waals surface area contributed by atoms with Crippen molar-refractivity contribution in [2.75, 3.05) is 10.6 Å². The number of carbonyl (C=O) groups excluding carboxylic acids is 2. The number of ether oxygens (including phenoxy) is 1. The standard InChI is InChI=1S/C22H22N4O3/c1-14-8-9-18-17(12-14)23-20(27)22(3,29-18)21(28)24-19-10-11-26(25-19)13-16-7-5-4-6-15(16)2/h4-12H,13H2,1-3H3,(H,23,27)(H,24,25,28). The van der Waals surface area contributed by atoms with Crippen molar-refractivity contribution in [3.8, 4) is 5.75 Å². The third-order valence-corrected chi connectivity index (χ3v) is 5.04. The molecule has 2 amide bonds. The average Bonchev–Trinajstić information content (AvgIpc) is 3.12. The van der Waals surface area contributed by atoms with E-state index in [1.807, 2.05) is 44.2 Å². The second-order valence-corrected chi connectivity index (χ2v) is 7.37. The molecule has 1 aromatic heterocycles. The van der Waals surface area contributed by atoms with Crippen LogP contribution >= 0.6 is 0 Å². The number of benzene rings is 2. The molecule has 1 aliphatic rings. The first-order chi connectivity index (χ1) is 13.8. The molecule has 4 rings (SSSR count). The molecule has 0 radical (unpaired) electrons. The van der Waals surface area contributed by atoms with Gasteiger partial charge in [-0.05, 0) is 49.6 Å². The van der Waals surface area contributed by atoms with Gasteiger partial charge in [0.1, 0.15) is 5.75 Å². The molecule has 0 aliphatic carbocycles. The molecular weight excluding hydrogens is 368 g/mol. The first-order valence-electron chi connectivity index (χ1n) is 9.36. The zero-order valence-electron chi connectivity index (χ0n) is 16.5. The smallest absolute Gasteiger partial charge is 0.279 e. The van der Waals surface area contributed by atoms with E-state index in [1.54, 1.807) is 29.1 Å². The monoisotopic (exact) mass is 390 g/mol. The van der Waals surface area contributed by atoms with E-state index in [4.69, 9.17) is 4.74 Å². The minimum atomic E-state index is -1.69. The van der Waals surface area contributed by atoms with Crippen molar-refractivity contribution in [1.29, 1.82) is 0 Å². The molecule has 1 aliphatic heterocycles. The summed E-state index contributed by atoms with van der Waals surface area (Å²) in [5.74, 6) is -0.288. The van der Waals surface area contributed by atoms with E-state index in [1.165, 1.54) is 12.5 Å². The van der Waals surface area contributed by atoms with Gasteiger partial charge in [0.2, 0.25) is 0 Å². The van der Waals surface area contributed by atoms with Crippen LogP contribution in [-0.4, -0.2) is 27.2 Å². The van der Waals surface area contributed by atoms with Crippen LogP contribution in [0.2, 0.25) is 0 Å². The van der Waals surface area contributed by atoms with E-state index in [0.717, 1.165) is 11.1 Å². The molecule has 0 bridgehead atoms.